The van der Waals surface area contributed by atoms with E-state index in [4.69, 9.17) is 4.98 Å². The summed E-state index contributed by atoms with van der Waals surface area (Å²) in [7, 11) is 1.68. The predicted octanol–water partition coefficient (Wildman–Crippen LogP) is 5.61. The SMILES string of the molecule is CCCc1nc2ccc(C3=NN(C)C(=O)CC3)cc2n1-c1ccc(-c2ccccc2)c(C(=O)O)c1C. The largest absolute Gasteiger partial charge is 0.478 e. The lowest BCUT2D eigenvalue weighted by Crippen LogP contribution is -2.28. The minimum atomic E-state index is -0.959. The molecule has 1 aliphatic rings. The van der Waals surface area contributed by atoms with E-state index in [2.05, 4.69) is 22.7 Å². The number of fused-ring (bicyclic) bond motifs is 1. The van der Waals surface area contributed by atoms with Crippen LogP contribution in [0.2, 0.25) is 0 Å². The van der Waals surface area contributed by atoms with Crippen LogP contribution in [0.4, 0.5) is 0 Å². The molecule has 0 aliphatic carbocycles. The van der Waals surface area contributed by atoms with Crippen molar-refractivity contribution < 1.29 is 14.7 Å². The zero-order chi connectivity index (χ0) is 25.4. The van der Waals surface area contributed by atoms with Gasteiger partial charge in [-0.3, -0.25) is 9.36 Å². The van der Waals surface area contributed by atoms with Gasteiger partial charge >= 0.3 is 5.97 Å². The fourth-order valence-electron chi connectivity index (χ4n) is 4.92. The van der Waals surface area contributed by atoms with E-state index in [0.717, 1.165) is 52.2 Å². The van der Waals surface area contributed by atoms with E-state index in [1.807, 2.05) is 61.5 Å². The van der Waals surface area contributed by atoms with Crippen molar-refractivity contribution in [1.29, 1.82) is 0 Å². The molecule has 1 N–H and O–H groups in total. The summed E-state index contributed by atoms with van der Waals surface area (Å²) >= 11 is 0. The monoisotopic (exact) mass is 480 g/mol. The summed E-state index contributed by atoms with van der Waals surface area (Å²) < 4.78 is 2.08. The number of carbonyl (C=O) groups is 2. The van der Waals surface area contributed by atoms with Crippen molar-refractivity contribution >= 4 is 28.6 Å². The minimum Gasteiger partial charge on any atom is -0.478 e. The molecule has 0 spiro atoms. The molecule has 182 valence electrons. The maximum absolute atomic E-state index is 12.5. The number of hydrogen-bond donors (Lipinski definition) is 1. The topological polar surface area (TPSA) is 87.8 Å². The Kier molecular flexibility index (Phi) is 6.14. The number of amides is 1. The van der Waals surface area contributed by atoms with Gasteiger partial charge in [0, 0.05) is 26.3 Å². The molecule has 1 aliphatic heterocycles. The zero-order valence-corrected chi connectivity index (χ0v) is 20.7. The first kappa shape index (κ1) is 23.5. The quantitative estimate of drug-likeness (QED) is 0.389. The van der Waals surface area contributed by atoms with Crippen LogP contribution in [0.3, 0.4) is 0 Å². The average molecular weight is 481 g/mol. The Hall–Kier alpha value is -4.26. The molecule has 0 unspecified atom stereocenters. The number of rotatable bonds is 6. The first-order valence-corrected chi connectivity index (χ1v) is 12.2. The number of aromatic carboxylic acids is 1. The summed E-state index contributed by atoms with van der Waals surface area (Å²) in [4.78, 5) is 29.3. The molecule has 0 saturated carbocycles. The molecule has 0 fully saturated rings. The number of carbonyl (C=O) groups excluding carboxylic acids is 1. The Bertz CT molecular complexity index is 1520. The van der Waals surface area contributed by atoms with Gasteiger partial charge in [-0.2, -0.15) is 5.10 Å². The Morgan fingerprint density at radius 3 is 2.50 bits per heavy atom. The summed E-state index contributed by atoms with van der Waals surface area (Å²) in [6, 6.07) is 19.5. The van der Waals surface area contributed by atoms with Crippen LogP contribution in [0, 0.1) is 6.92 Å². The number of imidazole rings is 1. The second kappa shape index (κ2) is 9.41. The normalized spacial score (nSPS) is 13.8. The molecule has 0 saturated heterocycles. The average Bonchev–Trinajstić information content (AvgIpc) is 3.23. The number of benzene rings is 3. The smallest absolute Gasteiger partial charge is 0.336 e. The second-order valence-electron chi connectivity index (χ2n) is 9.08. The van der Waals surface area contributed by atoms with E-state index in [-0.39, 0.29) is 11.5 Å². The van der Waals surface area contributed by atoms with Crippen molar-refractivity contribution in [3.05, 3.63) is 83.2 Å². The van der Waals surface area contributed by atoms with Gasteiger partial charge in [0.15, 0.2) is 0 Å². The Morgan fingerprint density at radius 2 is 1.81 bits per heavy atom. The minimum absolute atomic E-state index is 0.00503. The van der Waals surface area contributed by atoms with Crippen LogP contribution < -0.4 is 0 Å². The van der Waals surface area contributed by atoms with E-state index in [0.29, 0.717) is 24.0 Å². The van der Waals surface area contributed by atoms with Gasteiger partial charge in [-0.1, -0.05) is 49.4 Å². The Labute approximate surface area is 209 Å². The molecule has 7 nitrogen and oxygen atoms in total. The van der Waals surface area contributed by atoms with Crippen LogP contribution in [0.25, 0.3) is 27.8 Å². The summed E-state index contributed by atoms with van der Waals surface area (Å²) in [5.74, 6) is -0.0699. The van der Waals surface area contributed by atoms with Crippen LogP contribution in [-0.4, -0.2) is 44.3 Å². The third-order valence-corrected chi connectivity index (χ3v) is 6.71. The van der Waals surface area contributed by atoms with Crippen LogP contribution in [0.15, 0.2) is 65.8 Å². The highest BCUT2D eigenvalue weighted by Crippen LogP contribution is 2.33. The lowest BCUT2D eigenvalue weighted by atomic mass is 9.94. The van der Waals surface area contributed by atoms with Gasteiger partial charge in [-0.25, -0.2) is 14.8 Å². The van der Waals surface area contributed by atoms with Crippen LogP contribution in [0.5, 0.6) is 0 Å². The van der Waals surface area contributed by atoms with Gasteiger partial charge in [-0.05, 0) is 53.8 Å². The molecule has 0 atom stereocenters. The number of hydrogen-bond acceptors (Lipinski definition) is 4. The zero-order valence-electron chi connectivity index (χ0n) is 20.7. The summed E-state index contributed by atoms with van der Waals surface area (Å²) in [6.07, 6.45) is 2.67. The number of nitrogens with zero attached hydrogens (tertiary/aromatic N) is 4. The fraction of sp³-hybridized carbons (Fsp3) is 0.241. The molecular formula is C29H28N4O3. The van der Waals surface area contributed by atoms with Crippen molar-refractivity contribution in [1.82, 2.24) is 14.6 Å². The van der Waals surface area contributed by atoms with Gasteiger partial charge in [0.2, 0.25) is 5.91 Å². The van der Waals surface area contributed by atoms with Gasteiger partial charge in [0.1, 0.15) is 5.82 Å². The fourth-order valence-corrected chi connectivity index (χ4v) is 4.92. The molecule has 0 radical (unpaired) electrons. The molecule has 7 heteroatoms. The number of aromatic nitrogens is 2. The number of carboxylic acid groups (broad SMARTS) is 1. The van der Waals surface area contributed by atoms with Crippen molar-refractivity contribution in [2.75, 3.05) is 7.05 Å². The standard InChI is InChI=1S/C29H28N4O3/c1-4-8-26-30-23-13-11-20(22-14-16-27(34)32(3)31-22)17-25(23)33(26)24-15-12-21(19-9-6-5-7-10-19)28(18(24)2)29(35)36/h5-7,9-13,15,17H,4,8,14,16H2,1-3H3,(H,35,36). The number of carboxylic acids is 1. The third-order valence-electron chi connectivity index (χ3n) is 6.71. The molecule has 36 heavy (non-hydrogen) atoms. The third kappa shape index (κ3) is 4.06. The molecular weight excluding hydrogens is 452 g/mol. The van der Waals surface area contributed by atoms with E-state index in [1.54, 1.807) is 7.05 Å². The van der Waals surface area contributed by atoms with Crippen molar-refractivity contribution in [3.63, 3.8) is 0 Å². The van der Waals surface area contributed by atoms with Gasteiger partial charge < -0.3 is 5.11 Å². The molecule has 0 bridgehead atoms. The van der Waals surface area contributed by atoms with Gasteiger partial charge in [-0.15, -0.1) is 0 Å². The lowest BCUT2D eigenvalue weighted by Gasteiger charge is -2.20. The molecule has 1 aromatic heterocycles. The van der Waals surface area contributed by atoms with Crippen LogP contribution in [0.1, 0.15) is 53.5 Å². The lowest BCUT2D eigenvalue weighted by molar-refractivity contribution is -0.130. The Morgan fingerprint density at radius 1 is 1.03 bits per heavy atom. The first-order valence-electron chi connectivity index (χ1n) is 12.2. The van der Waals surface area contributed by atoms with Crippen LogP contribution in [-0.2, 0) is 11.2 Å². The van der Waals surface area contributed by atoms with Crippen molar-refractivity contribution in [2.45, 2.75) is 39.5 Å². The summed E-state index contributed by atoms with van der Waals surface area (Å²) in [5, 5.41) is 16.1. The highest BCUT2D eigenvalue weighted by atomic mass is 16.4. The molecule has 2 heterocycles. The van der Waals surface area contributed by atoms with E-state index in [1.165, 1.54) is 5.01 Å². The first-order chi connectivity index (χ1) is 17.4. The molecule has 5 rings (SSSR count). The van der Waals surface area contributed by atoms with E-state index >= 15 is 0 Å². The Balaban J connectivity index is 1.73. The summed E-state index contributed by atoms with van der Waals surface area (Å²) in [6.45, 7) is 3.97. The van der Waals surface area contributed by atoms with Crippen molar-refractivity contribution in [2.24, 2.45) is 5.10 Å². The number of aryl methyl sites for hydroxylation is 1. The maximum atomic E-state index is 12.5. The molecule has 4 aromatic rings. The highest BCUT2D eigenvalue weighted by molar-refractivity contribution is 6.06. The van der Waals surface area contributed by atoms with Gasteiger partial charge in [0.05, 0.1) is 28.0 Å². The van der Waals surface area contributed by atoms with E-state index in [9.17, 15) is 14.7 Å². The van der Waals surface area contributed by atoms with Gasteiger partial charge in [0.25, 0.3) is 0 Å². The second-order valence-corrected chi connectivity index (χ2v) is 9.08. The number of hydrazone groups is 1. The predicted molar refractivity (Wildman–Crippen MR) is 141 cm³/mol. The van der Waals surface area contributed by atoms with E-state index < -0.39 is 5.97 Å². The maximum Gasteiger partial charge on any atom is 0.336 e. The summed E-state index contributed by atoms with van der Waals surface area (Å²) in [5.41, 5.74) is 6.85. The van der Waals surface area contributed by atoms with Crippen molar-refractivity contribution in [3.8, 4) is 16.8 Å². The molecule has 3 aromatic carbocycles. The van der Waals surface area contributed by atoms with Crippen LogP contribution >= 0.6 is 0 Å². The highest BCUT2D eigenvalue weighted by Gasteiger charge is 2.23. The molecule has 1 amide bonds.